The zero-order chi connectivity index (χ0) is 21.7. The van der Waals surface area contributed by atoms with Gasteiger partial charge in [0.05, 0.1) is 19.3 Å². The lowest BCUT2D eigenvalue weighted by atomic mass is 10.0. The predicted molar refractivity (Wildman–Crippen MR) is 115 cm³/mol. The summed E-state index contributed by atoms with van der Waals surface area (Å²) in [4.78, 5) is 12.7. The minimum absolute atomic E-state index is 0.343. The first-order chi connectivity index (χ1) is 14.5. The molecule has 7 nitrogen and oxygen atoms in total. The lowest BCUT2D eigenvalue weighted by Crippen LogP contribution is -2.09. The molecule has 0 saturated heterocycles. The van der Waals surface area contributed by atoms with Crippen LogP contribution in [0.2, 0.25) is 0 Å². The predicted octanol–water partition coefficient (Wildman–Crippen LogP) is 5.44. The van der Waals surface area contributed by atoms with Crippen molar-refractivity contribution in [3.8, 4) is 16.9 Å². The fraction of sp³-hybridized carbons (Fsp3) is 0.273. The van der Waals surface area contributed by atoms with Crippen molar-refractivity contribution in [2.45, 2.75) is 32.1 Å². The minimum atomic E-state index is -0.427. The Morgan fingerprint density at radius 3 is 2.63 bits per heavy atom. The van der Waals surface area contributed by atoms with Gasteiger partial charge >= 0.3 is 5.97 Å². The Hall–Kier alpha value is -2.97. The Balaban J connectivity index is 1.99. The molecule has 8 heteroatoms. The molecule has 0 aliphatic rings. The Morgan fingerprint density at radius 2 is 1.97 bits per heavy atom. The summed E-state index contributed by atoms with van der Waals surface area (Å²) in [7, 11) is 1.35. The van der Waals surface area contributed by atoms with E-state index in [1.807, 2.05) is 44.2 Å². The summed E-state index contributed by atoms with van der Waals surface area (Å²) in [5.74, 6) is 1.14. The lowest BCUT2D eigenvalue weighted by molar-refractivity contribution is 0.0600. The van der Waals surface area contributed by atoms with Gasteiger partial charge in [0.15, 0.2) is 0 Å². The third kappa shape index (κ3) is 4.60. The van der Waals surface area contributed by atoms with Crippen LogP contribution < -0.4 is 9.21 Å². The fourth-order valence-electron chi connectivity index (χ4n) is 2.81. The number of rotatable bonds is 8. The monoisotopic (exact) mass is 428 g/mol. The third-order valence-corrected chi connectivity index (χ3v) is 5.44. The van der Waals surface area contributed by atoms with Crippen LogP contribution in [0, 0.1) is 13.8 Å². The number of hydrogen-bond donors (Lipinski definition) is 1. The number of nitrogens with zero attached hydrogens (tertiary/aromatic N) is 2. The van der Waals surface area contributed by atoms with Crippen molar-refractivity contribution in [3.63, 3.8) is 0 Å². The minimum Gasteiger partial charge on any atom is -0.493 e. The zero-order valence-electron chi connectivity index (χ0n) is 17.3. The summed E-state index contributed by atoms with van der Waals surface area (Å²) >= 11 is 1.11. The van der Waals surface area contributed by atoms with Gasteiger partial charge in [-0.1, -0.05) is 30.3 Å². The summed E-state index contributed by atoms with van der Waals surface area (Å²) < 4.78 is 16.9. The maximum atomic E-state index is 12.0. The molecule has 0 unspecified atom stereocenters. The van der Waals surface area contributed by atoms with E-state index in [2.05, 4.69) is 5.16 Å². The van der Waals surface area contributed by atoms with E-state index in [-0.39, 0.29) is 0 Å². The number of benzene rings is 2. The number of carbonyl (C=O) groups excluding carboxylic acids is 1. The van der Waals surface area contributed by atoms with Gasteiger partial charge in [0.1, 0.15) is 11.5 Å². The molecule has 0 saturated carbocycles. The number of hydrogen-bond acceptors (Lipinski definition) is 8. The normalized spacial score (nSPS) is 10.7. The number of esters is 1. The highest BCUT2D eigenvalue weighted by Crippen LogP contribution is 2.40. The number of aromatic nitrogens is 1. The standard InChI is InChI=1S/C22H24N2O5S/c1-5-12-28-19-13-16(22(25)27-4)10-11-17(19)18-8-6-7-9-20(18)30-24(26)21-14(2)15(3)29-23-21/h6-11,13,26H,5,12H2,1-4H3. The van der Waals surface area contributed by atoms with Crippen molar-refractivity contribution in [1.29, 1.82) is 0 Å². The van der Waals surface area contributed by atoms with Crippen LogP contribution in [-0.2, 0) is 4.74 Å². The largest absolute Gasteiger partial charge is 0.493 e. The second kappa shape index (κ2) is 9.69. The molecular formula is C22H24N2O5S. The zero-order valence-corrected chi connectivity index (χ0v) is 18.2. The summed E-state index contributed by atoms with van der Waals surface area (Å²) in [5.41, 5.74) is 2.83. The van der Waals surface area contributed by atoms with Crippen LogP contribution in [0.15, 0.2) is 51.9 Å². The first kappa shape index (κ1) is 21.7. The van der Waals surface area contributed by atoms with Crippen molar-refractivity contribution in [2.24, 2.45) is 0 Å². The van der Waals surface area contributed by atoms with Gasteiger partial charge in [-0.15, -0.1) is 0 Å². The molecule has 1 N–H and O–H groups in total. The van der Waals surface area contributed by atoms with Crippen LogP contribution in [0.4, 0.5) is 5.82 Å². The molecule has 2 aromatic carbocycles. The first-order valence-corrected chi connectivity index (χ1v) is 10.3. The summed E-state index contributed by atoms with van der Waals surface area (Å²) in [6, 6.07) is 12.8. The molecule has 158 valence electrons. The molecule has 0 aliphatic heterocycles. The molecule has 3 aromatic rings. The number of carbonyl (C=O) groups is 1. The molecule has 0 atom stereocenters. The third-order valence-electron chi connectivity index (χ3n) is 4.54. The van der Waals surface area contributed by atoms with Crippen molar-refractivity contribution in [3.05, 3.63) is 59.4 Å². The van der Waals surface area contributed by atoms with E-state index in [9.17, 15) is 10.0 Å². The van der Waals surface area contributed by atoms with Crippen LogP contribution in [0.3, 0.4) is 0 Å². The lowest BCUT2D eigenvalue weighted by Gasteiger charge is -2.18. The van der Waals surface area contributed by atoms with Gasteiger partial charge in [0.2, 0.25) is 5.82 Å². The van der Waals surface area contributed by atoms with Gasteiger partial charge in [-0.3, -0.25) is 5.21 Å². The highest BCUT2D eigenvalue weighted by Gasteiger charge is 2.20. The quantitative estimate of drug-likeness (QED) is 0.288. The molecule has 0 spiro atoms. The van der Waals surface area contributed by atoms with Gasteiger partial charge < -0.3 is 14.0 Å². The average Bonchev–Trinajstić information content (AvgIpc) is 3.10. The number of ether oxygens (including phenoxy) is 2. The van der Waals surface area contributed by atoms with Gasteiger partial charge in [0.25, 0.3) is 0 Å². The van der Waals surface area contributed by atoms with E-state index in [4.69, 9.17) is 14.0 Å². The second-order valence-electron chi connectivity index (χ2n) is 6.60. The maximum Gasteiger partial charge on any atom is 0.337 e. The molecule has 0 amide bonds. The van der Waals surface area contributed by atoms with Crippen molar-refractivity contribution < 1.29 is 24.0 Å². The Bertz CT molecular complexity index is 1030. The maximum absolute atomic E-state index is 12.0. The topological polar surface area (TPSA) is 85.0 Å². The highest BCUT2D eigenvalue weighted by atomic mass is 32.2. The molecule has 3 rings (SSSR count). The van der Waals surface area contributed by atoms with Crippen LogP contribution in [-0.4, -0.2) is 30.0 Å². The first-order valence-electron chi connectivity index (χ1n) is 9.50. The summed E-state index contributed by atoms with van der Waals surface area (Å²) in [6.07, 6.45) is 0.827. The second-order valence-corrected chi connectivity index (χ2v) is 7.57. The van der Waals surface area contributed by atoms with Crippen LogP contribution in [0.25, 0.3) is 11.1 Å². The molecule has 1 heterocycles. The van der Waals surface area contributed by atoms with Gasteiger partial charge in [-0.05, 0) is 44.5 Å². The summed E-state index contributed by atoms with van der Waals surface area (Å²) in [5, 5.41) is 14.5. The van der Waals surface area contributed by atoms with Crippen LogP contribution in [0.1, 0.15) is 35.0 Å². The van der Waals surface area contributed by atoms with Gasteiger partial charge in [-0.25, -0.2) is 4.79 Å². The van der Waals surface area contributed by atoms with E-state index < -0.39 is 5.97 Å². The SMILES string of the molecule is CCCOc1cc(C(=O)OC)ccc1-c1ccccc1SN(O)c1noc(C)c1C. The smallest absolute Gasteiger partial charge is 0.337 e. The highest BCUT2D eigenvalue weighted by molar-refractivity contribution is 8.00. The number of methoxy groups -OCH3 is 1. The van der Waals surface area contributed by atoms with E-state index in [0.717, 1.165) is 44.4 Å². The molecule has 0 aliphatic carbocycles. The average molecular weight is 429 g/mol. The number of anilines is 1. The van der Waals surface area contributed by atoms with Crippen molar-refractivity contribution >= 4 is 23.7 Å². The van der Waals surface area contributed by atoms with Crippen molar-refractivity contribution in [2.75, 3.05) is 18.2 Å². The summed E-state index contributed by atoms with van der Waals surface area (Å²) in [6.45, 7) is 6.15. The molecule has 0 fully saturated rings. The van der Waals surface area contributed by atoms with Crippen molar-refractivity contribution in [1.82, 2.24) is 5.16 Å². The van der Waals surface area contributed by atoms with E-state index in [1.54, 1.807) is 19.1 Å². The van der Waals surface area contributed by atoms with E-state index >= 15 is 0 Å². The van der Waals surface area contributed by atoms with E-state index in [1.165, 1.54) is 7.11 Å². The van der Waals surface area contributed by atoms with Crippen LogP contribution in [0.5, 0.6) is 5.75 Å². The number of aryl methyl sites for hydroxylation is 1. The Kier molecular flexibility index (Phi) is 7.02. The Morgan fingerprint density at radius 1 is 1.20 bits per heavy atom. The fourth-order valence-corrected chi connectivity index (χ4v) is 3.67. The van der Waals surface area contributed by atoms with Gasteiger partial charge in [-0.2, -0.15) is 4.47 Å². The van der Waals surface area contributed by atoms with Gasteiger partial charge in [0, 0.05) is 33.5 Å². The molecule has 0 radical (unpaired) electrons. The van der Waals surface area contributed by atoms with E-state index in [0.29, 0.717) is 29.5 Å². The molecule has 30 heavy (non-hydrogen) atoms. The Labute approximate surface area is 179 Å². The molecule has 1 aromatic heterocycles. The van der Waals surface area contributed by atoms with Crippen LogP contribution >= 0.6 is 11.9 Å². The molecular weight excluding hydrogens is 404 g/mol. The molecule has 0 bridgehead atoms.